The molecule has 100 valence electrons. The van der Waals surface area contributed by atoms with Gasteiger partial charge in [0.15, 0.2) is 0 Å². The van der Waals surface area contributed by atoms with E-state index < -0.39 is 5.97 Å². The van der Waals surface area contributed by atoms with Gasteiger partial charge in [0.25, 0.3) is 0 Å². The molecular weight excluding hydrogens is 262 g/mol. The van der Waals surface area contributed by atoms with Crippen molar-refractivity contribution >= 4 is 17.3 Å². The molecule has 1 heterocycles. The molecule has 2 rings (SSSR count). The second-order valence-electron chi connectivity index (χ2n) is 4.08. The molecule has 0 aliphatic carbocycles. The van der Waals surface area contributed by atoms with Crippen LogP contribution in [0, 0.1) is 0 Å². The molecule has 0 unspecified atom stereocenters. The van der Waals surface area contributed by atoms with E-state index in [9.17, 15) is 4.79 Å². The number of methoxy groups -OCH3 is 1. The molecule has 0 bridgehead atoms. The van der Waals surface area contributed by atoms with E-state index in [0.29, 0.717) is 5.01 Å². The monoisotopic (exact) mass is 277 g/mol. The Morgan fingerprint density at radius 3 is 2.89 bits per heavy atom. The summed E-state index contributed by atoms with van der Waals surface area (Å²) in [5.41, 5.74) is 2.93. The van der Waals surface area contributed by atoms with Crippen molar-refractivity contribution in [3.8, 4) is 17.0 Å². The van der Waals surface area contributed by atoms with E-state index in [1.165, 1.54) is 11.3 Å². The quantitative estimate of drug-likeness (QED) is 0.912. The number of aliphatic carboxylic acids is 1. The molecule has 0 spiro atoms. The fraction of sp³-hybridized carbons (Fsp3) is 0.286. The van der Waals surface area contributed by atoms with E-state index in [1.807, 2.05) is 23.6 Å². The van der Waals surface area contributed by atoms with E-state index in [0.717, 1.165) is 29.0 Å². The van der Waals surface area contributed by atoms with Gasteiger partial charge in [-0.05, 0) is 30.2 Å². The van der Waals surface area contributed by atoms with Crippen molar-refractivity contribution in [1.82, 2.24) is 4.98 Å². The van der Waals surface area contributed by atoms with E-state index in [-0.39, 0.29) is 6.42 Å². The summed E-state index contributed by atoms with van der Waals surface area (Å²) in [6, 6.07) is 5.90. The zero-order valence-electron chi connectivity index (χ0n) is 10.8. The van der Waals surface area contributed by atoms with Crippen LogP contribution in [0.4, 0.5) is 0 Å². The molecule has 0 atom stereocenters. The molecule has 0 radical (unpaired) electrons. The van der Waals surface area contributed by atoms with Crippen molar-refractivity contribution in [2.24, 2.45) is 0 Å². The highest BCUT2D eigenvalue weighted by Gasteiger charge is 2.10. The topological polar surface area (TPSA) is 59.4 Å². The van der Waals surface area contributed by atoms with Gasteiger partial charge in [0.05, 0.1) is 19.2 Å². The van der Waals surface area contributed by atoms with Crippen molar-refractivity contribution in [3.05, 3.63) is 34.2 Å². The van der Waals surface area contributed by atoms with Crippen LogP contribution in [-0.4, -0.2) is 23.2 Å². The Morgan fingerprint density at radius 1 is 1.47 bits per heavy atom. The number of carboxylic acids is 1. The largest absolute Gasteiger partial charge is 0.496 e. The van der Waals surface area contributed by atoms with Gasteiger partial charge in [-0.2, -0.15) is 0 Å². The Kier molecular flexibility index (Phi) is 4.16. The highest BCUT2D eigenvalue weighted by molar-refractivity contribution is 7.10. The normalized spacial score (nSPS) is 10.4. The number of rotatable bonds is 5. The predicted octanol–water partition coefficient (Wildman–Crippen LogP) is 3.01. The highest BCUT2D eigenvalue weighted by atomic mass is 32.1. The van der Waals surface area contributed by atoms with Crippen LogP contribution in [0.2, 0.25) is 0 Å². The number of carboxylic acid groups (broad SMARTS) is 1. The minimum atomic E-state index is -0.857. The van der Waals surface area contributed by atoms with Crippen LogP contribution in [-0.2, 0) is 17.6 Å². The molecule has 0 amide bonds. The SMILES string of the molecule is CCc1cc(-c2csc(CC(=O)O)n2)ccc1OC. The Balaban J connectivity index is 2.31. The molecule has 0 aliphatic rings. The molecule has 1 aromatic carbocycles. The van der Waals surface area contributed by atoms with Crippen LogP contribution >= 0.6 is 11.3 Å². The van der Waals surface area contributed by atoms with Crippen molar-refractivity contribution < 1.29 is 14.6 Å². The molecule has 1 aromatic heterocycles. The maximum atomic E-state index is 10.6. The molecule has 5 heteroatoms. The maximum Gasteiger partial charge on any atom is 0.310 e. The second kappa shape index (κ2) is 5.84. The van der Waals surface area contributed by atoms with E-state index in [1.54, 1.807) is 7.11 Å². The fourth-order valence-electron chi connectivity index (χ4n) is 1.87. The second-order valence-corrected chi connectivity index (χ2v) is 5.02. The summed E-state index contributed by atoms with van der Waals surface area (Å²) in [6.07, 6.45) is 0.852. The first-order valence-electron chi connectivity index (χ1n) is 5.97. The Labute approximate surface area is 115 Å². The molecule has 2 aromatic rings. The van der Waals surface area contributed by atoms with Gasteiger partial charge in [0.1, 0.15) is 10.8 Å². The lowest BCUT2D eigenvalue weighted by atomic mass is 10.1. The van der Waals surface area contributed by atoms with Crippen LogP contribution in [0.25, 0.3) is 11.3 Å². The summed E-state index contributed by atoms with van der Waals surface area (Å²) in [5, 5.41) is 11.3. The summed E-state index contributed by atoms with van der Waals surface area (Å²) in [4.78, 5) is 15.0. The molecule has 4 nitrogen and oxygen atoms in total. The molecule has 0 saturated heterocycles. The van der Waals surface area contributed by atoms with Gasteiger partial charge in [-0.15, -0.1) is 11.3 Å². The van der Waals surface area contributed by atoms with E-state index in [2.05, 4.69) is 11.9 Å². The van der Waals surface area contributed by atoms with Crippen molar-refractivity contribution in [2.75, 3.05) is 7.11 Å². The van der Waals surface area contributed by atoms with Crippen molar-refractivity contribution in [2.45, 2.75) is 19.8 Å². The zero-order valence-corrected chi connectivity index (χ0v) is 11.7. The van der Waals surface area contributed by atoms with Crippen LogP contribution in [0.1, 0.15) is 17.5 Å². The standard InChI is InChI=1S/C14H15NO3S/c1-3-9-6-10(4-5-12(9)18-2)11-8-19-13(15-11)7-14(16)17/h4-6,8H,3,7H2,1-2H3,(H,16,17). The number of thiazole rings is 1. The molecule has 19 heavy (non-hydrogen) atoms. The third-order valence-corrected chi connectivity index (χ3v) is 3.66. The molecular formula is C14H15NO3S. The van der Waals surface area contributed by atoms with Crippen molar-refractivity contribution in [1.29, 1.82) is 0 Å². The average Bonchev–Trinajstić information content (AvgIpc) is 2.85. The third-order valence-electron chi connectivity index (χ3n) is 2.81. The number of carbonyl (C=O) groups is 1. The van der Waals surface area contributed by atoms with E-state index in [4.69, 9.17) is 9.84 Å². The van der Waals surface area contributed by atoms with Crippen molar-refractivity contribution in [3.63, 3.8) is 0 Å². The Morgan fingerprint density at radius 2 is 2.26 bits per heavy atom. The minimum absolute atomic E-state index is 0.0263. The fourth-order valence-corrected chi connectivity index (χ4v) is 2.66. The van der Waals surface area contributed by atoms with Gasteiger partial charge >= 0.3 is 5.97 Å². The first kappa shape index (κ1) is 13.5. The number of aromatic nitrogens is 1. The molecule has 0 aliphatic heterocycles. The Bertz CT molecular complexity index is 592. The summed E-state index contributed by atoms with van der Waals surface area (Å²) >= 11 is 1.37. The van der Waals surface area contributed by atoms with Gasteiger partial charge < -0.3 is 9.84 Å². The van der Waals surface area contributed by atoms with Crippen LogP contribution in [0.3, 0.4) is 0 Å². The lowest BCUT2D eigenvalue weighted by Gasteiger charge is -2.07. The number of ether oxygens (including phenoxy) is 1. The van der Waals surface area contributed by atoms with Crippen LogP contribution in [0.5, 0.6) is 5.75 Å². The van der Waals surface area contributed by atoms with E-state index >= 15 is 0 Å². The number of hydrogen-bond donors (Lipinski definition) is 1. The smallest absolute Gasteiger partial charge is 0.310 e. The lowest BCUT2D eigenvalue weighted by molar-refractivity contribution is -0.136. The number of benzene rings is 1. The third kappa shape index (κ3) is 3.12. The summed E-state index contributed by atoms with van der Waals surface area (Å²) in [6.45, 7) is 2.07. The summed E-state index contributed by atoms with van der Waals surface area (Å²) in [7, 11) is 1.65. The molecule has 1 N–H and O–H groups in total. The van der Waals surface area contributed by atoms with Gasteiger partial charge in [-0.3, -0.25) is 4.79 Å². The predicted molar refractivity (Wildman–Crippen MR) is 74.8 cm³/mol. The number of aryl methyl sites for hydroxylation is 1. The highest BCUT2D eigenvalue weighted by Crippen LogP contribution is 2.28. The first-order valence-corrected chi connectivity index (χ1v) is 6.85. The van der Waals surface area contributed by atoms with Crippen LogP contribution < -0.4 is 4.74 Å². The number of nitrogens with zero attached hydrogens (tertiary/aromatic N) is 1. The zero-order chi connectivity index (χ0) is 13.8. The van der Waals surface area contributed by atoms with Crippen LogP contribution in [0.15, 0.2) is 23.6 Å². The summed E-state index contributed by atoms with van der Waals surface area (Å²) < 4.78 is 5.29. The van der Waals surface area contributed by atoms with Gasteiger partial charge in [-0.25, -0.2) is 4.98 Å². The Hall–Kier alpha value is -1.88. The lowest BCUT2D eigenvalue weighted by Crippen LogP contribution is -1.99. The molecule has 0 fully saturated rings. The molecule has 0 saturated carbocycles. The first-order chi connectivity index (χ1) is 9.13. The van der Waals surface area contributed by atoms with Gasteiger partial charge in [0, 0.05) is 10.9 Å². The summed E-state index contributed by atoms with van der Waals surface area (Å²) in [5.74, 6) is 0.0112. The number of hydrogen-bond acceptors (Lipinski definition) is 4. The van der Waals surface area contributed by atoms with Gasteiger partial charge in [-0.1, -0.05) is 6.92 Å². The maximum absolute atomic E-state index is 10.6. The minimum Gasteiger partial charge on any atom is -0.496 e. The van der Waals surface area contributed by atoms with Gasteiger partial charge in [0.2, 0.25) is 0 Å². The average molecular weight is 277 g/mol.